The van der Waals surface area contributed by atoms with Crippen molar-refractivity contribution in [2.45, 2.75) is 45.0 Å². The minimum Gasteiger partial charge on any atom is -0.480 e. The van der Waals surface area contributed by atoms with Crippen molar-refractivity contribution in [2.75, 3.05) is 0 Å². The lowest BCUT2D eigenvalue weighted by atomic mass is 9.94. The number of benzene rings is 2. The van der Waals surface area contributed by atoms with Crippen LogP contribution in [0.3, 0.4) is 0 Å². The molecule has 0 bridgehead atoms. The molecule has 8 heteroatoms. The van der Waals surface area contributed by atoms with E-state index >= 15 is 0 Å². The van der Waals surface area contributed by atoms with E-state index in [4.69, 9.17) is 4.74 Å². The smallest absolute Gasteiger partial charge is 0.416 e. The van der Waals surface area contributed by atoms with E-state index < -0.39 is 35.4 Å². The maximum atomic E-state index is 12.8. The number of alkyl carbamates (subject to hydrolysis) is 1. The average molecular weight is 409 g/mol. The number of hydrogen-bond acceptors (Lipinski definition) is 3. The molecule has 0 aliphatic heterocycles. The first-order valence-corrected chi connectivity index (χ1v) is 8.84. The molecule has 2 rings (SSSR count). The van der Waals surface area contributed by atoms with E-state index in [1.54, 1.807) is 45.0 Å². The Hall–Kier alpha value is -3.03. The van der Waals surface area contributed by atoms with Gasteiger partial charge in [-0.3, -0.25) is 0 Å². The van der Waals surface area contributed by atoms with Gasteiger partial charge in [0.25, 0.3) is 0 Å². The highest BCUT2D eigenvalue weighted by Crippen LogP contribution is 2.32. The number of carbonyl (C=O) groups is 2. The van der Waals surface area contributed by atoms with Gasteiger partial charge in [-0.2, -0.15) is 13.2 Å². The fraction of sp³-hybridized carbons (Fsp3) is 0.333. The van der Waals surface area contributed by atoms with Gasteiger partial charge in [0.15, 0.2) is 0 Å². The summed E-state index contributed by atoms with van der Waals surface area (Å²) in [5.41, 5.74) is 0.101. The van der Waals surface area contributed by atoms with Crippen molar-refractivity contribution in [3.8, 4) is 11.1 Å². The Labute approximate surface area is 166 Å². The number of carbonyl (C=O) groups excluding carboxylic acids is 1. The summed E-state index contributed by atoms with van der Waals surface area (Å²) in [7, 11) is 0. The Morgan fingerprint density at radius 2 is 1.62 bits per heavy atom. The van der Waals surface area contributed by atoms with E-state index in [0.717, 1.165) is 12.1 Å². The molecule has 0 saturated carbocycles. The van der Waals surface area contributed by atoms with Gasteiger partial charge in [0.2, 0.25) is 0 Å². The molecule has 2 aromatic rings. The summed E-state index contributed by atoms with van der Waals surface area (Å²) < 4.78 is 43.4. The minimum atomic E-state index is -4.44. The molecule has 0 spiro atoms. The van der Waals surface area contributed by atoms with E-state index in [0.29, 0.717) is 16.7 Å². The van der Waals surface area contributed by atoms with Crippen LogP contribution in [0.4, 0.5) is 18.0 Å². The first-order chi connectivity index (χ1) is 13.4. The Morgan fingerprint density at radius 3 is 2.14 bits per heavy atom. The molecule has 0 aliphatic carbocycles. The number of halogens is 3. The van der Waals surface area contributed by atoms with Crippen LogP contribution in [-0.2, 0) is 22.1 Å². The molecular formula is C21H22F3NO4. The summed E-state index contributed by atoms with van der Waals surface area (Å²) in [5.74, 6) is -1.25. The number of rotatable bonds is 5. The molecule has 5 nitrogen and oxygen atoms in total. The molecular weight excluding hydrogens is 387 g/mol. The highest BCUT2D eigenvalue weighted by Gasteiger charge is 2.30. The Morgan fingerprint density at radius 1 is 1.03 bits per heavy atom. The van der Waals surface area contributed by atoms with Gasteiger partial charge < -0.3 is 15.2 Å². The van der Waals surface area contributed by atoms with Crippen LogP contribution in [0, 0.1) is 0 Å². The molecule has 1 unspecified atom stereocenters. The zero-order valence-electron chi connectivity index (χ0n) is 16.2. The molecule has 0 aliphatic rings. The third kappa shape index (κ3) is 6.51. The largest absolute Gasteiger partial charge is 0.480 e. The maximum absolute atomic E-state index is 12.8. The van der Waals surface area contributed by atoms with Crippen LogP contribution in [0.2, 0.25) is 0 Å². The topological polar surface area (TPSA) is 75.6 Å². The highest BCUT2D eigenvalue weighted by molar-refractivity contribution is 5.81. The van der Waals surface area contributed by atoms with Crippen molar-refractivity contribution in [3.63, 3.8) is 0 Å². The van der Waals surface area contributed by atoms with Gasteiger partial charge in [0.05, 0.1) is 5.56 Å². The molecule has 2 aromatic carbocycles. The second-order valence-electron chi connectivity index (χ2n) is 7.47. The number of amides is 1. The van der Waals surface area contributed by atoms with E-state index in [9.17, 15) is 27.9 Å². The molecule has 29 heavy (non-hydrogen) atoms. The molecule has 0 saturated heterocycles. The van der Waals surface area contributed by atoms with Gasteiger partial charge in [-0.05, 0) is 49.6 Å². The lowest BCUT2D eigenvalue weighted by molar-refractivity contribution is -0.139. The lowest BCUT2D eigenvalue weighted by Crippen LogP contribution is -2.44. The van der Waals surface area contributed by atoms with Gasteiger partial charge in [-0.25, -0.2) is 9.59 Å². The van der Waals surface area contributed by atoms with Gasteiger partial charge in [-0.15, -0.1) is 0 Å². The standard InChI is InChI=1S/C21H22F3NO4/c1-20(2,3)29-19(28)25-17(18(26)27)12-14-6-4-5-7-16(14)13-8-10-15(11-9-13)21(22,23)24/h4-11,17H,12H2,1-3H3,(H,25,28)(H,26,27). The highest BCUT2D eigenvalue weighted by atomic mass is 19.4. The summed E-state index contributed by atoms with van der Waals surface area (Å²) in [6, 6.07) is 10.1. The maximum Gasteiger partial charge on any atom is 0.416 e. The summed E-state index contributed by atoms with van der Waals surface area (Å²) in [6.07, 6.45) is -5.37. The van der Waals surface area contributed by atoms with Crippen molar-refractivity contribution in [3.05, 3.63) is 59.7 Å². The molecule has 0 aromatic heterocycles. The van der Waals surface area contributed by atoms with Gasteiger partial charge in [0.1, 0.15) is 11.6 Å². The zero-order chi connectivity index (χ0) is 21.8. The number of carboxylic acid groups (broad SMARTS) is 1. The number of hydrogen-bond donors (Lipinski definition) is 2. The van der Waals surface area contributed by atoms with E-state index in [1.807, 2.05) is 0 Å². The molecule has 1 atom stereocenters. The zero-order valence-corrected chi connectivity index (χ0v) is 16.2. The van der Waals surface area contributed by atoms with Crippen LogP contribution in [0.5, 0.6) is 0 Å². The Kier molecular flexibility index (Phi) is 6.56. The van der Waals surface area contributed by atoms with Gasteiger partial charge in [-0.1, -0.05) is 36.4 Å². The SMILES string of the molecule is CC(C)(C)OC(=O)NC(Cc1ccccc1-c1ccc(C(F)(F)F)cc1)C(=O)O. The van der Waals surface area contributed by atoms with Crippen molar-refractivity contribution < 1.29 is 32.6 Å². The summed E-state index contributed by atoms with van der Waals surface area (Å²) in [5, 5.41) is 11.8. The van der Waals surface area contributed by atoms with Crippen molar-refractivity contribution in [2.24, 2.45) is 0 Å². The third-order valence-corrected chi connectivity index (χ3v) is 3.95. The average Bonchev–Trinajstić information content (AvgIpc) is 2.59. The number of nitrogens with one attached hydrogen (secondary N) is 1. The van der Waals surface area contributed by atoms with Crippen LogP contribution in [0.15, 0.2) is 48.5 Å². The van der Waals surface area contributed by atoms with E-state index in [2.05, 4.69) is 5.32 Å². The monoisotopic (exact) mass is 409 g/mol. The van der Waals surface area contributed by atoms with Gasteiger partial charge >= 0.3 is 18.2 Å². The van der Waals surface area contributed by atoms with E-state index in [-0.39, 0.29) is 6.42 Å². The predicted molar refractivity (Wildman–Crippen MR) is 101 cm³/mol. The first-order valence-electron chi connectivity index (χ1n) is 8.84. The predicted octanol–water partition coefficient (Wildman–Crippen LogP) is 4.89. The normalized spacial score (nSPS) is 12.9. The second kappa shape index (κ2) is 8.55. The molecule has 0 fully saturated rings. The third-order valence-electron chi connectivity index (χ3n) is 3.95. The minimum absolute atomic E-state index is 0.0637. The summed E-state index contributed by atoms with van der Waals surface area (Å²) in [6.45, 7) is 4.97. The quantitative estimate of drug-likeness (QED) is 0.737. The number of alkyl halides is 3. The van der Waals surface area contributed by atoms with Crippen molar-refractivity contribution in [1.82, 2.24) is 5.32 Å². The second-order valence-corrected chi connectivity index (χ2v) is 7.47. The summed E-state index contributed by atoms with van der Waals surface area (Å²) >= 11 is 0. The van der Waals surface area contributed by atoms with Crippen LogP contribution >= 0.6 is 0 Å². The number of carboxylic acids is 1. The lowest BCUT2D eigenvalue weighted by Gasteiger charge is -2.22. The fourth-order valence-electron chi connectivity index (χ4n) is 2.69. The van der Waals surface area contributed by atoms with Crippen molar-refractivity contribution >= 4 is 12.1 Å². The fourth-order valence-corrected chi connectivity index (χ4v) is 2.69. The Balaban J connectivity index is 2.26. The molecule has 0 radical (unpaired) electrons. The Bertz CT molecular complexity index is 871. The van der Waals surface area contributed by atoms with Gasteiger partial charge in [0, 0.05) is 6.42 Å². The molecule has 156 valence electrons. The summed E-state index contributed by atoms with van der Waals surface area (Å²) in [4.78, 5) is 23.6. The van der Waals surface area contributed by atoms with E-state index in [1.165, 1.54) is 12.1 Å². The molecule has 2 N–H and O–H groups in total. The number of ether oxygens (including phenoxy) is 1. The van der Waals surface area contributed by atoms with Crippen molar-refractivity contribution in [1.29, 1.82) is 0 Å². The molecule has 0 heterocycles. The van der Waals surface area contributed by atoms with Crippen LogP contribution < -0.4 is 5.32 Å². The van der Waals surface area contributed by atoms with Crippen LogP contribution in [0.1, 0.15) is 31.9 Å². The first kappa shape index (κ1) is 22.3. The van der Waals surface area contributed by atoms with Crippen LogP contribution in [0.25, 0.3) is 11.1 Å². The van der Waals surface area contributed by atoms with Crippen LogP contribution in [-0.4, -0.2) is 28.8 Å². The number of aliphatic carboxylic acids is 1. The molecule has 1 amide bonds.